The van der Waals surface area contributed by atoms with E-state index in [0.717, 1.165) is 0 Å². The lowest BCUT2D eigenvalue weighted by molar-refractivity contribution is -0.147. The van der Waals surface area contributed by atoms with Crippen LogP contribution in [0.25, 0.3) is 0 Å². The number of aliphatic carboxylic acids is 5. The zero-order chi connectivity index (χ0) is 45.9. The maximum absolute atomic E-state index is 13.6. The van der Waals surface area contributed by atoms with Crippen LogP contribution in [0.4, 0.5) is 0 Å². The summed E-state index contributed by atoms with van der Waals surface area (Å²) in [4.78, 5) is 148. The lowest BCUT2D eigenvalue weighted by atomic mass is 10.0. The summed E-state index contributed by atoms with van der Waals surface area (Å²) in [5.41, 5.74) is 11.0. The minimum absolute atomic E-state index is 0.209. The van der Waals surface area contributed by atoms with Crippen molar-refractivity contribution in [2.24, 2.45) is 11.5 Å². The van der Waals surface area contributed by atoms with Gasteiger partial charge in [0.15, 0.2) is 0 Å². The first-order valence-corrected chi connectivity index (χ1v) is 17.6. The highest BCUT2D eigenvalue weighted by molar-refractivity contribution is 5.99. The second kappa shape index (κ2) is 24.4. The molecule has 1 aromatic rings. The molecule has 330 valence electrons. The Labute approximate surface area is 338 Å². The number of benzene rings is 1. The van der Waals surface area contributed by atoms with Crippen LogP contribution in [0.5, 0.6) is 5.75 Å². The Hall–Kier alpha value is -7.38. The van der Waals surface area contributed by atoms with Crippen molar-refractivity contribution in [3.8, 4) is 5.75 Å². The average Bonchev–Trinajstić information content (AvgIpc) is 3.13. The molecule has 0 saturated carbocycles. The van der Waals surface area contributed by atoms with Crippen molar-refractivity contribution in [3.63, 3.8) is 0 Å². The quantitative estimate of drug-likeness (QED) is 0.0393. The smallest absolute Gasteiger partial charge is 0.326 e. The number of nitrogens with one attached hydrogen (secondary N) is 6. The van der Waals surface area contributed by atoms with Crippen LogP contribution in [0.2, 0.25) is 0 Å². The van der Waals surface area contributed by atoms with Crippen molar-refractivity contribution >= 4 is 71.2 Å². The number of amides is 7. The fourth-order valence-electron chi connectivity index (χ4n) is 4.98. The van der Waals surface area contributed by atoms with Crippen molar-refractivity contribution in [2.45, 2.75) is 101 Å². The summed E-state index contributed by atoms with van der Waals surface area (Å²) in [7, 11) is 0. The molecule has 60 heavy (non-hydrogen) atoms. The van der Waals surface area contributed by atoms with E-state index in [4.69, 9.17) is 21.7 Å². The molecule has 0 unspecified atom stereocenters. The highest BCUT2D eigenvalue weighted by Crippen LogP contribution is 2.13. The Balaban J connectivity index is 3.48. The number of carboxylic acids is 5. The number of phenols is 1. The number of primary amides is 1. The molecule has 0 aliphatic carbocycles. The molecule has 1 aromatic carbocycles. The number of hydrogen-bond donors (Lipinski definition) is 14. The molecule has 7 amide bonds. The molecule has 26 heteroatoms. The summed E-state index contributed by atoms with van der Waals surface area (Å²) in [6.07, 6.45) is -6.55. The Morgan fingerprint density at radius 2 is 0.850 bits per heavy atom. The van der Waals surface area contributed by atoms with E-state index in [0.29, 0.717) is 0 Å². The predicted molar refractivity (Wildman–Crippen MR) is 197 cm³/mol. The number of hydrogen-bond acceptors (Lipinski definition) is 14. The monoisotopic (exact) mass is 854 g/mol. The van der Waals surface area contributed by atoms with Gasteiger partial charge >= 0.3 is 29.8 Å². The van der Waals surface area contributed by atoms with Gasteiger partial charge in [-0.15, -0.1) is 0 Å². The summed E-state index contributed by atoms with van der Waals surface area (Å²) in [6, 6.07) is -7.67. The van der Waals surface area contributed by atoms with E-state index in [1.54, 1.807) is 0 Å². The van der Waals surface area contributed by atoms with E-state index in [9.17, 15) is 78.0 Å². The zero-order valence-corrected chi connectivity index (χ0v) is 31.7. The van der Waals surface area contributed by atoms with Gasteiger partial charge in [0.25, 0.3) is 0 Å². The van der Waals surface area contributed by atoms with Gasteiger partial charge in [0.05, 0.1) is 25.3 Å². The Bertz CT molecular complexity index is 1800. The van der Waals surface area contributed by atoms with Gasteiger partial charge < -0.3 is 74.0 Å². The molecule has 26 nitrogen and oxygen atoms in total. The molecule has 0 aliphatic heterocycles. The van der Waals surface area contributed by atoms with Crippen LogP contribution in [-0.2, 0) is 64.0 Å². The van der Waals surface area contributed by atoms with Gasteiger partial charge in [0.2, 0.25) is 41.4 Å². The van der Waals surface area contributed by atoms with Gasteiger partial charge in [-0.3, -0.25) is 52.7 Å². The van der Waals surface area contributed by atoms with Crippen molar-refractivity contribution < 1.29 is 88.2 Å². The molecule has 0 aromatic heterocycles. The van der Waals surface area contributed by atoms with Crippen LogP contribution >= 0.6 is 0 Å². The fourth-order valence-corrected chi connectivity index (χ4v) is 4.98. The van der Waals surface area contributed by atoms with Gasteiger partial charge in [-0.1, -0.05) is 12.1 Å². The normalized spacial score (nSPS) is 14.2. The van der Waals surface area contributed by atoms with Crippen LogP contribution in [0, 0.1) is 0 Å². The van der Waals surface area contributed by atoms with Crippen LogP contribution in [-0.4, -0.2) is 144 Å². The van der Waals surface area contributed by atoms with Gasteiger partial charge in [-0.25, -0.2) is 4.79 Å². The molecule has 0 bridgehead atoms. The number of phenolic OH excluding ortho intramolecular Hbond substituents is 1. The maximum atomic E-state index is 13.6. The van der Waals surface area contributed by atoms with E-state index in [-0.39, 0.29) is 11.3 Å². The summed E-state index contributed by atoms with van der Waals surface area (Å²) in [6.45, 7) is 1.24. The number of carboxylic acid groups (broad SMARTS) is 5. The summed E-state index contributed by atoms with van der Waals surface area (Å²) in [5.74, 6) is -17.0. The molecule has 0 spiro atoms. The first-order valence-electron chi connectivity index (χ1n) is 17.6. The standard InChI is InChI=1S/C34H46N8O18/c1-14(35)28(53)37-17(6-8-24(45)46)29(54)40-20(11-23(36)44)32(57)38-18(7-9-25(47)48)30(55)41-21(12-26(49)50)33(58)39-19(10-15-2-4-16(43)5-3-15)31(56)42-22(34(59)60)13-27(51)52/h2-5,14,17-22,43H,6-13,35H2,1H3,(H2,36,44)(H,37,53)(H,38,57)(H,39,58)(H,40,54)(H,41,55)(H,42,56)(H,45,46)(H,47,48)(H,49,50)(H,51,52)(H,59,60)/t14-,17-,18-,19-,20-,21-,22-/m0/s1. The summed E-state index contributed by atoms with van der Waals surface area (Å²) >= 11 is 0. The Morgan fingerprint density at radius 1 is 0.500 bits per heavy atom. The third kappa shape index (κ3) is 19.2. The topological polar surface area (TPSA) is 450 Å². The van der Waals surface area contributed by atoms with Crippen molar-refractivity contribution in [2.75, 3.05) is 0 Å². The molecule has 0 aliphatic rings. The second-order valence-electron chi connectivity index (χ2n) is 13.1. The molecular weight excluding hydrogens is 808 g/mol. The van der Waals surface area contributed by atoms with E-state index in [2.05, 4.69) is 21.3 Å². The fraction of sp³-hybridized carbons (Fsp3) is 0.471. The lowest BCUT2D eigenvalue weighted by Crippen LogP contribution is -2.60. The molecule has 1 rings (SSSR count). The number of carbonyl (C=O) groups is 12. The molecule has 0 radical (unpaired) electrons. The number of rotatable bonds is 27. The predicted octanol–water partition coefficient (Wildman–Crippen LogP) is -5.17. The molecular formula is C34H46N8O18. The van der Waals surface area contributed by atoms with Gasteiger partial charge in [-0.2, -0.15) is 0 Å². The van der Waals surface area contributed by atoms with Gasteiger partial charge in [0.1, 0.15) is 42.0 Å². The van der Waals surface area contributed by atoms with Crippen molar-refractivity contribution in [3.05, 3.63) is 29.8 Å². The summed E-state index contributed by atoms with van der Waals surface area (Å²) in [5, 5.41) is 68.5. The van der Waals surface area contributed by atoms with Crippen LogP contribution in [0.15, 0.2) is 24.3 Å². The molecule has 7 atom stereocenters. The molecule has 0 heterocycles. The Kier molecular flexibility index (Phi) is 20.6. The van der Waals surface area contributed by atoms with Gasteiger partial charge in [0, 0.05) is 19.3 Å². The van der Waals surface area contributed by atoms with Crippen LogP contribution < -0.4 is 43.4 Å². The van der Waals surface area contributed by atoms with E-state index < -0.39 is 165 Å². The van der Waals surface area contributed by atoms with E-state index in [1.165, 1.54) is 31.2 Å². The SMILES string of the molecule is C[C@H](N)C(=O)N[C@@H](CCC(=O)O)C(=O)N[C@@H](CC(N)=O)C(=O)N[C@@H](CCC(=O)O)C(=O)N[C@@H](CC(=O)O)C(=O)N[C@@H](Cc1ccc(O)cc1)C(=O)N[C@@H](CC(=O)O)C(=O)O. The van der Waals surface area contributed by atoms with Crippen molar-refractivity contribution in [1.29, 1.82) is 0 Å². The minimum Gasteiger partial charge on any atom is -0.508 e. The largest absolute Gasteiger partial charge is 0.508 e. The third-order valence-electron chi connectivity index (χ3n) is 8.03. The zero-order valence-electron chi connectivity index (χ0n) is 31.7. The second-order valence-corrected chi connectivity index (χ2v) is 13.1. The summed E-state index contributed by atoms with van der Waals surface area (Å²) < 4.78 is 0. The van der Waals surface area contributed by atoms with Gasteiger partial charge in [-0.05, 0) is 37.5 Å². The molecule has 0 fully saturated rings. The van der Waals surface area contributed by atoms with Crippen LogP contribution in [0.1, 0.15) is 57.4 Å². The highest BCUT2D eigenvalue weighted by atomic mass is 16.4. The van der Waals surface area contributed by atoms with Crippen molar-refractivity contribution in [1.82, 2.24) is 31.9 Å². The van der Waals surface area contributed by atoms with E-state index >= 15 is 0 Å². The number of nitrogens with two attached hydrogens (primary N) is 2. The average molecular weight is 855 g/mol. The van der Waals surface area contributed by atoms with Crippen LogP contribution in [0.3, 0.4) is 0 Å². The maximum Gasteiger partial charge on any atom is 0.326 e. The number of carbonyl (C=O) groups excluding carboxylic acids is 7. The minimum atomic E-state index is -2.12. The number of aromatic hydroxyl groups is 1. The third-order valence-corrected chi connectivity index (χ3v) is 8.03. The first-order chi connectivity index (χ1) is 27.9. The Morgan fingerprint density at radius 3 is 1.25 bits per heavy atom. The lowest BCUT2D eigenvalue weighted by Gasteiger charge is -2.27. The van der Waals surface area contributed by atoms with E-state index in [1.807, 2.05) is 10.6 Å². The highest BCUT2D eigenvalue weighted by Gasteiger charge is 2.35. The molecule has 0 saturated heterocycles. The first kappa shape index (κ1) is 50.6. The molecule has 16 N–H and O–H groups in total.